The van der Waals surface area contributed by atoms with Gasteiger partial charge in [0.15, 0.2) is 0 Å². The lowest BCUT2D eigenvalue weighted by atomic mass is 10.0. The lowest BCUT2D eigenvalue weighted by Gasteiger charge is -2.26. The molecule has 1 amide bonds. The van der Waals surface area contributed by atoms with E-state index in [-0.39, 0.29) is 5.91 Å². The van der Waals surface area contributed by atoms with Crippen LogP contribution in [0.25, 0.3) is 10.8 Å². The minimum atomic E-state index is -0.270. The molecule has 4 aromatic rings. The average Bonchev–Trinajstić information content (AvgIpc) is 3.19. The van der Waals surface area contributed by atoms with Crippen LogP contribution < -0.4 is 10.1 Å². The third-order valence-electron chi connectivity index (χ3n) is 6.04. The molecule has 6 heteroatoms. The summed E-state index contributed by atoms with van der Waals surface area (Å²) in [5.41, 5.74) is 3.38. The number of hydrogen-bond acceptors (Lipinski definition) is 5. The molecule has 3 aromatic carbocycles. The Labute approximate surface area is 196 Å². The molecule has 0 unspecified atom stereocenters. The van der Waals surface area contributed by atoms with E-state index >= 15 is 0 Å². The second-order valence-electron chi connectivity index (χ2n) is 8.12. The number of ether oxygens (including phenoxy) is 1. The number of rotatable bonds is 5. The molecule has 1 aromatic heterocycles. The van der Waals surface area contributed by atoms with Crippen LogP contribution in [-0.2, 0) is 19.5 Å². The van der Waals surface area contributed by atoms with Crippen LogP contribution >= 0.6 is 11.3 Å². The third kappa shape index (κ3) is 4.21. The molecular formula is C27H23N3O2S. The van der Waals surface area contributed by atoms with E-state index in [9.17, 15) is 10.1 Å². The van der Waals surface area contributed by atoms with Crippen molar-refractivity contribution in [2.45, 2.75) is 19.5 Å². The molecule has 1 N–H and O–H groups in total. The Bertz CT molecular complexity index is 1370. The maximum absolute atomic E-state index is 13.2. The van der Waals surface area contributed by atoms with E-state index in [1.54, 1.807) is 7.11 Å². The Hall–Kier alpha value is -3.66. The molecule has 0 saturated carbocycles. The molecule has 0 fully saturated rings. The SMILES string of the molecule is COc1cc2ccccc2cc1C(=O)Nc1sc2c(c1C#N)CCN(Cc1ccccc1)C2. The molecule has 0 bridgehead atoms. The van der Waals surface area contributed by atoms with Crippen LogP contribution in [0.2, 0.25) is 0 Å². The van der Waals surface area contributed by atoms with Gasteiger partial charge in [-0.3, -0.25) is 9.69 Å². The molecular weight excluding hydrogens is 430 g/mol. The fourth-order valence-electron chi connectivity index (χ4n) is 4.38. The summed E-state index contributed by atoms with van der Waals surface area (Å²) >= 11 is 1.50. The number of nitriles is 1. The van der Waals surface area contributed by atoms with Gasteiger partial charge in [0.05, 0.1) is 18.2 Å². The summed E-state index contributed by atoms with van der Waals surface area (Å²) in [5, 5.41) is 15.4. The van der Waals surface area contributed by atoms with E-state index in [2.05, 4.69) is 40.6 Å². The van der Waals surface area contributed by atoms with Gasteiger partial charge in [-0.1, -0.05) is 54.6 Å². The first-order valence-electron chi connectivity index (χ1n) is 10.9. The van der Waals surface area contributed by atoms with E-state index in [0.717, 1.165) is 47.3 Å². The normalized spacial score (nSPS) is 13.3. The molecule has 0 radical (unpaired) electrons. The highest BCUT2D eigenvalue weighted by Gasteiger charge is 2.26. The van der Waals surface area contributed by atoms with E-state index in [1.807, 2.05) is 42.5 Å². The molecule has 0 atom stereocenters. The summed E-state index contributed by atoms with van der Waals surface area (Å²) in [5.74, 6) is 0.244. The van der Waals surface area contributed by atoms with Crippen molar-refractivity contribution in [2.24, 2.45) is 0 Å². The Balaban J connectivity index is 1.40. The molecule has 33 heavy (non-hydrogen) atoms. The highest BCUT2D eigenvalue weighted by Crippen LogP contribution is 2.38. The van der Waals surface area contributed by atoms with Crippen LogP contribution in [0, 0.1) is 11.3 Å². The minimum absolute atomic E-state index is 0.270. The van der Waals surface area contributed by atoms with E-state index < -0.39 is 0 Å². The van der Waals surface area contributed by atoms with Crippen LogP contribution in [-0.4, -0.2) is 24.5 Å². The van der Waals surface area contributed by atoms with Gasteiger partial charge in [0.25, 0.3) is 5.91 Å². The number of anilines is 1. The van der Waals surface area contributed by atoms with Gasteiger partial charge in [0.1, 0.15) is 16.8 Å². The van der Waals surface area contributed by atoms with Gasteiger partial charge in [0, 0.05) is 24.5 Å². The van der Waals surface area contributed by atoms with Crippen LogP contribution in [0.1, 0.15) is 31.9 Å². The quantitative estimate of drug-likeness (QED) is 0.428. The minimum Gasteiger partial charge on any atom is -0.496 e. The number of nitrogens with one attached hydrogen (secondary N) is 1. The highest BCUT2D eigenvalue weighted by molar-refractivity contribution is 7.16. The Morgan fingerprint density at radius 1 is 1.12 bits per heavy atom. The second-order valence-corrected chi connectivity index (χ2v) is 9.22. The predicted molar refractivity (Wildman–Crippen MR) is 132 cm³/mol. The topological polar surface area (TPSA) is 65.4 Å². The summed E-state index contributed by atoms with van der Waals surface area (Å²) < 4.78 is 5.49. The lowest BCUT2D eigenvalue weighted by molar-refractivity contribution is 0.102. The van der Waals surface area contributed by atoms with Gasteiger partial charge in [-0.25, -0.2) is 0 Å². The standard InChI is InChI=1S/C27H23N3O2S/c1-32-24-14-20-10-6-5-9-19(20)13-22(24)26(31)29-27-23(15-28)21-11-12-30(17-25(21)33-27)16-18-7-3-2-4-8-18/h2-10,13-14H,11-12,16-17H2,1H3,(H,29,31). The number of methoxy groups -OCH3 is 1. The van der Waals surface area contributed by atoms with Crippen LogP contribution in [0.3, 0.4) is 0 Å². The van der Waals surface area contributed by atoms with Crippen molar-refractivity contribution < 1.29 is 9.53 Å². The molecule has 0 aliphatic carbocycles. The Morgan fingerprint density at radius 3 is 2.58 bits per heavy atom. The van der Waals surface area contributed by atoms with Gasteiger partial charge >= 0.3 is 0 Å². The molecule has 1 aliphatic rings. The number of thiophene rings is 1. The van der Waals surface area contributed by atoms with Gasteiger partial charge in [-0.2, -0.15) is 5.26 Å². The number of hydrogen-bond donors (Lipinski definition) is 1. The van der Waals surface area contributed by atoms with Gasteiger partial charge in [0.2, 0.25) is 0 Å². The largest absolute Gasteiger partial charge is 0.496 e. The number of amides is 1. The number of nitrogens with zero attached hydrogens (tertiary/aromatic N) is 2. The fraction of sp³-hybridized carbons (Fsp3) is 0.185. The highest BCUT2D eigenvalue weighted by atomic mass is 32.1. The summed E-state index contributed by atoms with van der Waals surface area (Å²) in [6.45, 7) is 2.54. The summed E-state index contributed by atoms with van der Waals surface area (Å²) in [6.07, 6.45) is 0.802. The number of benzene rings is 3. The van der Waals surface area contributed by atoms with Crippen molar-refractivity contribution >= 4 is 33.0 Å². The first-order chi connectivity index (χ1) is 16.2. The molecule has 0 spiro atoms. The zero-order valence-corrected chi connectivity index (χ0v) is 19.1. The summed E-state index contributed by atoms with van der Waals surface area (Å²) in [4.78, 5) is 16.7. The van der Waals surface area contributed by atoms with E-state index in [1.165, 1.54) is 16.9 Å². The van der Waals surface area contributed by atoms with Crippen molar-refractivity contribution in [3.8, 4) is 11.8 Å². The number of carbonyl (C=O) groups excluding carboxylic acids is 1. The van der Waals surface area contributed by atoms with Gasteiger partial charge in [-0.15, -0.1) is 11.3 Å². The summed E-state index contributed by atoms with van der Waals surface area (Å²) in [6, 6.07) is 24.3. The van der Waals surface area contributed by atoms with Crippen molar-refractivity contribution in [1.29, 1.82) is 5.26 Å². The zero-order valence-electron chi connectivity index (χ0n) is 18.3. The van der Waals surface area contributed by atoms with Gasteiger partial charge < -0.3 is 10.1 Å². The lowest BCUT2D eigenvalue weighted by Crippen LogP contribution is -2.29. The van der Waals surface area contributed by atoms with E-state index in [4.69, 9.17) is 4.74 Å². The van der Waals surface area contributed by atoms with E-state index in [0.29, 0.717) is 21.9 Å². The Kier molecular flexibility index (Phi) is 5.82. The Morgan fingerprint density at radius 2 is 1.85 bits per heavy atom. The first kappa shape index (κ1) is 21.2. The monoisotopic (exact) mass is 453 g/mol. The number of fused-ring (bicyclic) bond motifs is 2. The smallest absolute Gasteiger partial charge is 0.260 e. The second kappa shape index (κ2) is 9.07. The van der Waals surface area contributed by atoms with Crippen LogP contribution in [0.15, 0.2) is 66.7 Å². The van der Waals surface area contributed by atoms with Crippen molar-refractivity contribution in [1.82, 2.24) is 4.90 Å². The predicted octanol–water partition coefficient (Wildman–Crippen LogP) is 5.59. The first-order valence-corrected chi connectivity index (χ1v) is 11.7. The number of carbonyl (C=O) groups is 1. The van der Waals surface area contributed by atoms with Gasteiger partial charge in [-0.05, 0) is 40.5 Å². The molecule has 5 nitrogen and oxygen atoms in total. The third-order valence-corrected chi connectivity index (χ3v) is 7.17. The molecule has 164 valence electrons. The molecule has 2 heterocycles. The van der Waals surface area contributed by atoms with Crippen LogP contribution in [0.4, 0.5) is 5.00 Å². The summed E-state index contributed by atoms with van der Waals surface area (Å²) in [7, 11) is 1.56. The van der Waals surface area contributed by atoms with Crippen molar-refractivity contribution in [3.05, 3.63) is 93.9 Å². The molecule has 5 rings (SSSR count). The van der Waals surface area contributed by atoms with Crippen LogP contribution in [0.5, 0.6) is 5.75 Å². The maximum atomic E-state index is 13.2. The van der Waals surface area contributed by atoms with Crippen molar-refractivity contribution in [2.75, 3.05) is 19.0 Å². The fourth-order valence-corrected chi connectivity index (χ4v) is 5.61. The maximum Gasteiger partial charge on any atom is 0.260 e. The molecule has 1 aliphatic heterocycles. The van der Waals surface area contributed by atoms with Crippen molar-refractivity contribution in [3.63, 3.8) is 0 Å². The zero-order chi connectivity index (χ0) is 22.8. The average molecular weight is 454 g/mol. The molecule has 0 saturated heterocycles.